The van der Waals surface area contributed by atoms with Crippen molar-refractivity contribution in [3.05, 3.63) is 64.1 Å². The average Bonchev–Trinajstić information content (AvgIpc) is 2.48. The van der Waals surface area contributed by atoms with Gasteiger partial charge < -0.3 is 10.0 Å². The summed E-state index contributed by atoms with van der Waals surface area (Å²) in [7, 11) is 2.06. The van der Waals surface area contributed by atoms with Crippen LogP contribution in [0, 0.1) is 0 Å². The van der Waals surface area contributed by atoms with E-state index in [0.717, 1.165) is 28.7 Å². The van der Waals surface area contributed by atoms with Crippen LogP contribution in [0.3, 0.4) is 0 Å². The van der Waals surface area contributed by atoms with Gasteiger partial charge in [-0.25, -0.2) is 0 Å². The van der Waals surface area contributed by atoms with Crippen molar-refractivity contribution < 1.29 is 5.11 Å². The molecule has 2 aromatic carbocycles. The van der Waals surface area contributed by atoms with Gasteiger partial charge in [0.25, 0.3) is 0 Å². The summed E-state index contributed by atoms with van der Waals surface area (Å²) in [4.78, 5) is 2.17. The monoisotopic (exact) mass is 333 g/mol. The first-order valence-electron chi connectivity index (χ1n) is 6.85. The number of aliphatic hydroxyl groups excluding tert-OH is 1. The second kappa shape index (κ2) is 6.91. The zero-order valence-corrected chi connectivity index (χ0v) is 13.5. The third-order valence-corrected chi connectivity index (χ3v) is 4.23. The van der Waals surface area contributed by atoms with Gasteiger partial charge in [-0.2, -0.15) is 0 Å². The van der Waals surface area contributed by atoms with Gasteiger partial charge in [0.2, 0.25) is 0 Å². The second-order valence-electron chi connectivity index (χ2n) is 4.93. The fraction of sp³-hybridized carbons (Fsp3) is 0.294. The summed E-state index contributed by atoms with van der Waals surface area (Å²) in [5.41, 5.74) is 3.30. The lowest BCUT2D eigenvalue weighted by atomic mass is 10.0. The molecule has 0 bridgehead atoms. The first kappa shape index (κ1) is 15.1. The molecule has 106 valence electrons. The molecule has 3 heteroatoms. The molecule has 0 saturated heterocycles. The molecule has 0 spiro atoms. The van der Waals surface area contributed by atoms with E-state index >= 15 is 0 Å². The fourth-order valence-corrected chi connectivity index (χ4v) is 2.71. The molecule has 1 atom stereocenters. The third kappa shape index (κ3) is 3.41. The number of halogens is 1. The lowest BCUT2D eigenvalue weighted by Crippen LogP contribution is -2.19. The summed E-state index contributed by atoms with van der Waals surface area (Å²) in [5, 5.41) is 10.1. The number of rotatable bonds is 5. The van der Waals surface area contributed by atoms with Gasteiger partial charge in [-0.15, -0.1) is 0 Å². The van der Waals surface area contributed by atoms with Crippen LogP contribution in [0.5, 0.6) is 0 Å². The molecule has 1 N–H and O–H groups in total. The standard InChI is InChI=1S/C17H20BrNO/c1-3-17(20)14-9-5-7-11-16(14)19(2)12-13-8-4-6-10-15(13)18/h4-11,17,20H,3,12H2,1-2H3/t17-/m0/s1. The third-order valence-electron chi connectivity index (χ3n) is 3.46. The van der Waals surface area contributed by atoms with Crippen LogP contribution >= 0.6 is 15.9 Å². The normalized spacial score (nSPS) is 12.2. The van der Waals surface area contributed by atoms with Crippen LogP contribution in [0.15, 0.2) is 53.0 Å². The predicted molar refractivity (Wildman–Crippen MR) is 87.9 cm³/mol. The minimum Gasteiger partial charge on any atom is -0.388 e. The average molecular weight is 334 g/mol. The van der Waals surface area contributed by atoms with E-state index in [9.17, 15) is 5.11 Å². The van der Waals surface area contributed by atoms with Crippen molar-refractivity contribution in [2.24, 2.45) is 0 Å². The Labute approximate surface area is 129 Å². The first-order valence-corrected chi connectivity index (χ1v) is 7.64. The highest BCUT2D eigenvalue weighted by Crippen LogP contribution is 2.29. The van der Waals surface area contributed by atoms with Gasteiger partial charge >= 0.3 is 0 Å². The highest BCUT2D eigenvalue weighted by atomic mass is 79.9. The lowest BCUT2D eigenvalue weighted by molar-refractivity contribution is 0.174. The number of para-hydroxylation sites is 1. The quantitative estimate of drug-likeness (QED) is 0.868. The maximum Gasteiger partial charge on any atom is 0.0807 e. The highest BCUT2D eigenvalue weighted by molar-refractivity contribution is 9.10. The van der Waals surface area contributed by atoms with Gasteiger partial charge in [-0.1, -0.05) is 59.3 Å². The van der Waals surface area contributed by atoms with Crippen molar-refractivity contribution in [2.75, 3.05) is 11.9 Å². The Morgan fingerprint density at radius 1 is 1.10 bits per heavy atom. The van der Waals surface area contributed by atoms with Crippen molar-refractivity contribution in [2.45, 2.75) is 26.0 Å². The molecule has 2 nitrogen and oxygen atoms in total. The molecule has 0 heterocycles. The van der Waals surface area contributed by atoms with Crippen LogP contribution in [-0.4, -0.2) is 12.2 Å². The number of hydrogen-bond donors (Lipinski definition) is 1. The number of hydrogen-bond acceptors (Lipinski definition) is 2. The van der Waals surface area contributed by atoms with Crippen LogP contribution in [0.1, 0.15) is 30.6 Å². The Morgan fingerprint density at radius 2 is 1.75 bits per heavy atom. The maximum absolute atomic E-state index is 10.1. The highest BCUT2D eigenvalue weighted by Gasteiger charge is 2.13. The molecule has 0 amide bonds. The van der Waals surface area contributed by atoms with E-state index in [1.165, 1.54) is 5.56 Å². The molecule has 0 aliphatic heterocycles. The second-order valence-corrected chi connectivity index (χ2v) is 5.78. The molecule has 0 aliphatic carbocycles. The Balaban J connectivity index is 2.26. The van der Waals surface area contributed by atoms with Crippen molar-refractivity contribution in [1.82, 2.24) is 0 Å². The lowest BCUT2D eigenvalue weighted by Gasteiger charge is -2.24. The SMILES string of the molecule is CC[C@H](O)c1ccccc1N(C)Cc1ccccc1Br. The largest absolute Gasteiger partial charge is 0.388 e. The molecule has 2 aromatic rings. The molecule has 0 radical (unpaired) electrons. The zero-order chi connectivity index (χ0) is 14.5. The molecule has 0 fully saturated rings. The van der Waals surface area contributed by atoms with E-state index in [-0.39, 0.29) is 0 Å². The summed E-state index contributed by atoms with van der Waals surface area (Å²) in [6.07, 6.45) is 0.313. The van der Waals surface area contributed by atoms with Crippen LogP contribution in [0.4, 0.5) is 5.69 Å². The minimum atomic E-state index is -0.409. The Morgan fingerprint density at radius 3 is 2.45 bits per heavy atom. The number of aliphatic hydroxyl groups is 1. The van der Waals surface area contributed by atoms with Crippen molar-refractivity contribution in [3.63, 3.8) is 0 Å². The van der Waals surface area contributed by atoms with Crippen LogP contribution < -0.4 is 4.90 Å². The van der Waals surface area contributed by atoms with Crippen LogP contribution in [-0.2, 0) is 6.54 Å². The van der Waals surface area contributed by atoms with Gasteiger partial charge in [0.1, 0.15) is 0 Å². The maximum atomic E-state index is 10.1. The van der Waals surface area contributed by atoms with E-state index in [2.05, 4.69) is 46.1 Å². The van der Waals surface area contributed by atoms with Gasteiger partial charge in [-0.3, -0.25) is 0 Å². The summed E-state index contributed by atoms with van der Waals surface area (Å²) in [6.45, 7) is 2.80. The van der Waals surface area contributed by atoms with Crippen molar-refractivity contribution in [1.29, 1.82) is 0 Å². The van der Waals surface area contributed by atoms with E-state index in [0.29, 0.717) is 0 Å². The van der Waals surface area contributed by atoms with Gasteiger partial charge in [0.05, 0.1) is 6.10 Å². The first-order chi connectivity index (χ1) is 9.63. The topological polar surface area (TPSA) is 23.5 Å². The molecule has 0 aromatic heterocycles. The molecule has 20 heavy (non-hydrogen) atoms. The van der Waals surface area contributed by atoms with Gasteiger partial charge in [-0.05, 0) is 24.1 Å². The fourth-order valence-electron chi connectivity index (χ4n) is 2.30. The molecule has 2 rings (SSSR count). The zero-order valence-electron chi connectivity index (χ0n) is 11.9. The smallest absolute Gasteiger partial charge is 0.0807 e. The molecule has 0 unspecified atom stereocenters. The summed E-state index contributed by atoms with van der Waals surface area (Å²) in [5.74, 6) is 0. The van der Waals surface area contributed by atoms with Crippen LogP contribution in [0.2, 0.25) is 0 Å². The van der Waals surface area contributed by atoms with E-state index in [1.807, 2.05) is 37.3 Å². The number of benzene rings is 2. The molecule has 0 saturated carbocycles. The van der Waals surface area contributed by atoms with Crippen molar-refractivity contribution in [3.8, 4) is 0 Å². The van der Waals surface area contributed by atoms with Crippen LogP contribution in [0.25, 0.3) is 0 Å². The molecular weight excluding hydrogens is 314 g/mol. The Bertz CT molecular complexity index is 570. The minimum absolute atomic E-state index is 0.409. The Hall–Kier alpha value is -1.32. The Kier molecular flexibility index (Phi) is 5.21. The summed E-state index contributed by atoms with van der Waals surface area (Å²) < 4.78 is 1.11. The van der Waals surface area contributed by atoms with E-state index in [4.69, 9.17) is 0 Å². The van der Waals surface area contributed by atoms with E-state index < -0.39 is 6.10 Å². The van der Waals surface area contributed by atoms with Crippen molar-refractivity contribution >= 4 is 21.6 Å². The van der Waals surface area contributed by atoms with Gasteiger partial charge in [0.15, 0.2) is 0 Å². The van der Waals surface area contributed by atoms with Gasteiger partial charge in [0, 0.05) is 29.3 Å². The number of nitrogens with zero attached hydrogens (tertiary/aromatic N) is 1. The summed E-state index contributed by atoms with van der Waals surface area (Å²) in [6, 6.07) is 16.3. The predicted octanol–water partition coefficient (Wildman–Crippen LogP) is 4.53. The van der Waals surface area contributed by atoms with E-state index in [1.54, 1.807) is 0 Å². The molecule has 0 aliphatic rings. The molecular formula is C17H20BrNO. The number of anilines is 1. The summed E-state index contributed by atoms with van der Waals surface area (Å²) >= 11 is 3.58.